The van der Waals surface area contributed by atoms with Gasteiger partial charge >= 0.3 is 5.76 Å². The number of benzene rings is 1. The molecule has 4 rings (SSSR count). The molecular formula is C25H38ClN3O5. The summed E-state index contributed by atoms with van der Waals surface area (Å²) in [4.78, 5) is 20.3. The molecule has 9 heteroatoms. The van der Waals surface area contributed by atoms with E-state index in [1.807, 2.05) is 29.7 Å². The van der Waals surface area contributed by atoms with Crippen molar-refractivity contribution in [3.8, 4) is 0 Å². The van der Waals surface area contributed by atoms with E-state index < -0.39 is 0 Å². The first-order valence-electron chi connectivity index (χ1n) is 12.0. The Hall–Kier alpha value is -1.87. The summed E-state index contributed by atoms with van der Waals surface area (Å²) in [6, 6.07) is 5.88. The van der Waals surface area contributed by atoms with E-state index in [2.05, 4.69) is 17.0 Å². The summed E-state index contributed by atoms with van der Waals surface area (Å²) < 4.78 is 18.5. The fraction of sp³-hybridized carbons (Fsp3) is 0.680. The lowest BCUT2D eigenvalue weighted by atomic mass is 9.79. The van der Waals surface area contributed by atoms with Gasteiger partial charge in [0, 0.05) is 37.3 Å². The van der Waals surface area contributed by atoms with Crippen LogP contribution in [0.4, 0.5) is 0 Å². The quantitative estimate of drug-likeness (QED) is 0.307. The van der Waals surface area contributed by atoms with Crippen molar-refractivity contribution in [2.24, 2.45) is 5.16 Å². The Kier molecular flexibility index (Phi) is 9.20. The van der Waals surface area contributed by atoms with Crippen LogP contribution in [0, 0.1) is 0 Å². The number of oxime groups is 1. The summed E-state index contributed by atoms with van der Waals surface area (Å²) in [5, 5.41) is 4.02. The highest BCUT2D eigenvalue weighted by molar-refractivity contribution is 6.00. The fourth-order valence-electron chi connectivity index (χ4n) is 5.45. The number of oxazole rings is 1. The molecule has 0 spiro atoms. The molecule has 1 saturated heterocycles. The van der Waals surface area contributed by atoms with Crippen molar-refractivity contribution < 1.29 is 18.7 Å². The third-order valence-electron chi connectivity index (χ3n) is 7.50. The van der Waals surface area contributed by atoms with Gasteiger partial charge in [0.2, 0.25) is 0 Å². The third-order valence-corrected chi connectivity index (χ3v) is 7.50. The van der Waals surface area contributed by atoms with Gasteiger partial charge in [-0.25, -0.2) is 4.79 Å². The Morgan fingerprint density at radius 1 is 1.15 bits per heavy atom. The Balaban J connectivity index is 0.00000324. The second-order valence-electron chi connectivity index (χ2n) is 9.56. The average Bonchev–Trinajstić information content (AvgIpc) is 3.15. The number of hydrogen-bond acceptors (Lipinski definition) is 7. The van der Waals surface area contributed by atoms with Gasteiger partial charge in [-0.05, 0) is 70.6 Å². The van der Waals surface area contributed by atoms with Gasteiger partial charge in [0.25, 0.3) is 0 Å². The number of fused-ring (bicyclic) bond motifs is 1. The lowest BCUT2D eigenvalue weighted by molar-refractivity contribution is -0.0419. The first-order valence-corrected chi connectivity index (χ1v) is 12.0. The minimum absolute atomic E-state index is 0. The predicted octanol–water partition coefficient (Wildman–Crippen LogP) is 4.39. The molecule has 2 heterocycles. The molecule has 190 valence electrons. The summed E-state index contributed by atoms with van der Waals surface area (Å²) >= 11 is 0. The molecular weight excluding hydrogens is 458 g/mol. The normalized spacial score (nSPS) is 24.8. The Labute approximate surface area is 207 Å². The molecule has 1 saturated carbocycles. The van der Waals surface area contributed by atoms with Crippen molar-refractivity contribution in [2.45, 2.75) is 70.1 Å². The van der Waals surface area contributed by atoms with E-state index in [1.165, 1.54) is 7.11 Å². The zero-order valence-corrected chi connectivity index (χ0v) is 21.6. The van der Waals surface area contributed by atoms with Gasteiger partial charge in [0.05, 0.1) is 30.5 Å². The van der Waals surface area contributed by atoms with Gasteiger partial charge < -0.3 is 18.7 Å². The average molecular weight is 496 g/mol. The van der Waals surface area contributed by atoms with E-state index in [0.29, 0.717) is 24.9 Å². The molecule has 1 aromatic heterocycles. The summed E-state index contributed by atoms with van der Waals surface area (Å²) in [5.74, 6) is -0.276. The number of rotatable bonds is 8. The van der Waals surface area contributed by atoms with Crippen LogP contribution in [-0.2, 0) is 14.3 Å². The first kappa shape index (κ1) is 26.7. The molecule has 0 N–H and O–H groups in total. The molecule has 1 aliphatic carbocycles. The monoisotopic (exact) mass is 495 g/mol. The molecule has 8 nitrogen and oxygen atoms in total. The minimum Gasteiger partial charge on any atom is -0.408 e. The maximum atomic E-state index is 12.7. The van der Waals surface area contributed by atoms with E-state index >= 15 is 0 Å². The molecule has 0 amide bonds. The lowest BCUT2D eigenvalue weighted by Gasteiger charge is -2.48. The van der Waals surface area contributed by atoms with Crippen molar-refractivity contribution in [3.63, 3.8) is 0 Å². The Morgan fingerprint density at radius 2 is 1.85 bits per heavy atom. The lowest BCUT2D eigenvalue weighted by Crippen LogP contribution is -2.53. The minimum atomic E-state index is -0.276. The molecule has 0 radical (unpaired) electrons. The first-order chi connectivity index (χ1) is 15.9. The van der Waals surface area contributed by atoms with Gasteiger partial charge in [0.15, 0.2) is 5.58 Å². The van der Waals surface area contributed by atoms with E-state index in [4.69, 9.17) is 18.7 Å². The number of likely N-dealkylation sites (tertiary alicyclic amines) is 1. The van der Waals surface area contributed by atoms with Crippen molar-refractivity contribution in [1.82, 2.24) is 9.47 Å². The van der Waals surface area contributed by atoms with Crippen LogP contribution in [0.1, 0.15) is 64.0 Å². The smallest absolute Gasteiger partial charge is 0.408 e. The zero-order chi connectivity index (χ0) is 23.4. The van der Waals surface area contributed by atoms with Crippen LogP contribution in [0.5, 0.6) is 0 Å². The number of hydrogen-bond donors (Lipinski definition) is 0. The highest BCUT2D eigenvalue weighted by Gasteiger charge is 2.38. The third kappa shape index (κ3) is 5.67. The van der Waals surface area contributed by atoms with Gasteiger partial charge in [-0.15, -0.1) is 12.4 Å². The maximum absolute atomic E-state index is 12.7. The topological polar surface area (TPSA) is 78.4 Å². The second-order valence-corrected chi connectivity index (χ2v) is 9.56. The molecule has 1 aromatic carbocycles. The van der Waals surface area contributed by atoms with Crippen LogP contribution in [0.3, 0.4) is 0 Å². The summed E-state index contributed by atoms with van der Waals surface area (Å²) in [5.41, 5.74) is 3.35. The largest absolute Gasteiger partial charge is 0.420 e. The van der Waals surface area contributed by atoms with Crippen LogP contribution in [0.15, 0.2) is 32.6 Å². The number of halogens is 1. The number of ether oxygens (including phenoxy) is 2. The summed E-state index contributed by atoms with van der Waals surface area (Å²) in [6.07, 6.45) is 6.70. The SMILES string of the molecule is COCCOC1CCC(C)(N2CCC(n3c(=O)oc4ccc(C(C)=NOC)cc43)CC2)CC1.Cl. The number of methoxy groups -OCH3 is 1. The van der Waals surface area contributed by atoms with E-state index in [9.17, 15) is 4.79 Å². The number of piperidine rings is 1. The number of nitrogens with zero attached hydrogens (tertiary/aromatic N) is 3. The zero-order valence-electron chi connectivity index (χ0n) is 20.7. The Bertz CT molecular complexity index is 1020. The van der Waals surface area contributed by atoms with Gasteiger partial charge in [-0.2, -0.15) is 0 Å². The van der Waals surface area contributed by atoms with Crippen LogP contribution < -0.4 is 5.76 Å². The van der Waals surface area contributed by atoms with Crippen molar-refractivity contribution in [2.75, 3.05) is 40.5 Å². The van der Waals surface area contributed by atoms with Crippen molar-refractivity contribution in [3.05, 3.63) is 34.3 Å². The van der Waals surface area contributed by atoms with E-state index in [0.717, 1.165) is 68.4 Å². The number of aromatic nitrogens is 1. The highest BCUT2D eigenvalue weighted by Crippen LogP contribution is 2.38. The second kappa shape index (κ2) is 11.7. The van der Waals surface area contributed by atoms with Crippen LogP contribution in [0.2, 0.25) is 0 Å². The molecule has 0 bridgehead atoms. The summed E-state index contributed by atoms with van der Waals surface area (Å²) in [7, 11) is 3.24. The van der Waals surface area contributed by atoms with Crippen LogP contribution >= 0.6 is 12.4 Å². The maximum Gasteiger partial charge on any atom is 0.420 e. The molecule has 2 aromatic rings. The van der Waals surface area contributed by atoms with Crippen molar-refractivity contribution in [1.29, 1.82) is 0 Å². The van der Waals surface area contributed by atoms with E-state index in [-0.39, 0.29) is 29.7 Å². The fourth-order valence-corrected chi connectivity index (χ4v) is 5.45. The molecule has 2 fully saturated rings. The van der Waals surface area contributed by atoms with Gasteiger partial charge in [-0.3, -0.25) is 9.47 Å². The molecule has 1 aliphatic heterocycles. The highest BCUT2D eigenvalue weighted by atomic mass is 35.5. The van der Waals surface area contributed by atoms with Crippen molar-refractivity contribution >= 4 is 29.2 Å². The van der Waals surface area contributed by atoms with Crippen LogP contribution in [0.25, 0.3) is 11.1 Å². The summed E-state index contributed by atoms with van der Waals surface area (Å²) in [6.45, 7) is 7.59. The van der Waals surface area contributed by atoms with Crippen LogP contribution in [-0.4, -0.2) is 67.3 Å². The van der Waals surface area contributed by atoms with E-state index in [1.54, 1.807) is 7.11 Å². The molecule has 34 heavy (non-hydrogen) atoms. The molecule has 2 aliphatic rings. The Morgan fingerprint density at radius 3 is 2.50 bits per heavy atom. The van der Waals surface area contributed by atoms with Gasteiger partial charge in [0.1, 0.15) is 7.11 Å². The molecule has 0 unspecified atom stereocenters. The predicted molar refractivity (Wildman–Crippen MR) is 135 cm³/mol. The standard InChI is InChI=1S/C25H37N3O5.ClH/c1-18(26-31-4)19-5-6-23-22(17-19)28(24(29)33-23)20-9-13-27(14-10-20)25(2)11-7-21(8-12-25)32-16-15-30-3;/h5-6,17,20-21H,7-16H2,1-4H3;1H. The molecule has 0 atom stereocenters. The van der Waals surface area contributed by atoms with Gasteiger partial charge in [-0.1, -0.05) is 5.16 Å².